The summed E-state index contributed by atoms with van der Waals surface area (Å²) in [6.45, 7) is 2.09. The molecule has 0 aliphatic heterocycles. The molecule has 0 saturated carbocycles. The molecule has 0 spiro atoms. The number of aromatic amines is 1. The van der Waals surface area contributed by atoms with Crippen molar-refractivity contribution in [3.8, 4) is 0 Å². The van der Waals surface area contributed by atoms with Gasteiger partial charge in [-0.15, -0.1) is 0 Å². The first-order valence-corrected chi connectivity index (χ1v) is 5.18. The number of amides is 1. The Balaban J connectivity index is 2.01. The van der Waals surface area contributed by atoms with E-state index in [4.69, 9.17) is 4.42 Å². The topological polar surface area (TPSA) is 70.9 Å². The van der Waals surface area contributed by atoms with Gasteiger partial charge >= 0.3 is 0 Å². The summed E-state index contributed by atoms with van der Waals surface area (Å²) < 4.78 is 4.97. The molecule has 0 aromatic carbocycles. The van der Waals surface area contributed by atoms with E-state index in [-0.39, 0.29) is 11.7 Å². The zero-order valence-corrected chi connectivity index (χ0v) is 8.99. The summed E-state index contributed by atoms with van der Waals surface area (Å²) in [5.41, 5.74) is 1.01. The summed E-state index contributed by atoms with van der Waals surface area (Å²) in [6.07, 6.45) is 3.42. The standard InChI is InChI=1S/C11H13N3O2/c1-2-4-8-7-10(14-13-8)12-11(15)9-5-3-6-16-9/h3,5-7H,2,4H2,1H3,(H2,12,13,14,15). The molecule has 84 valence electrons. The Morgan fingerprint density at radius 3 is 3.19 bits per heavy atom. The number of aromatic nitrogens is 2. The summed E-state index contributed by atoms with van der Waals surface area (Å²) in [4.78, 5) is 11.6. The maximum absolute atomic E-state index is 11.6. The summed E-state index contributed by atoms with van der Waals surface area (Å²) in [7, 11) is 0. The van der Waals surface area contributed by atoms with E-state index < -0.39 is 0 Å². The fourth-order valence-electron chi connectivity index (χ4n) is 1.41. The number of hydrogen-bond donors (Lipinski definition) is 2. The van der Waals surface area contributed by atoms with Crippen LogP contribution in [0, 0.1) is 0 Å². The van der Waals surface area contributed by atoms with Gasteiger partial charge in [0, 0.05) is 11.8 Å². The number of furan rings is 1. The van der Waals surface area contributed by atoms with Crippen molar-refractivity contribution >= 4 is 11.7 Å². The summed E-state index contributed by atoms with van der Waals surface area (Å²) in [6, 6.07) is 5.10. The number of hydrogen-bond acceptors (Lipinski definition) is 3. The number of carbonyl (C=O) groups is 1. The van der Waals surface area contributed by atoms with Crippen LogP contribution in [0.1, 0.15) is 29.6 Å². The van der Waals surface area contributed by atoms with Gasteiger partial charge in [-0.25, -0.2) is 0 Å². The molecule has 0 radical (unpaired) electrons. The van der Waals surface area contributed by atoms with Crippen LogP contribution in [0.3, 0.4) is 0 Å². The van der Waals surface area contributed by atoms with Crippen LogP contribution in [0.15, 0.2) is 28.9 Å². The predicted molar refractivity (Wildman–Crippen MR) is 59.2 cm³/mol. The second-order valence-electron chi connectivity index (χ2n) is 3.46. The molecule has 0 atom stereocenters. The number of aryl methyl sites for hydroxylation is 1. The van der Waals surface area contributed by atoms with Crippen molar-refractivity contribution in [1.82, 2.24) is 10.2 Å². The summed E-state index contributed by atoms with van der Waals surface area (Å²) >= 11 is 0. The Morgan fingerprint density at radius 1 is 1.62 bits per heavy atom. The monoisotopic (exact) mass is 219 g/mol. The highest BCUT2D eigenvalue weighted by atomic mass is 16.3. The minimum atomic E-state index is -0.292. The minimum absolute atomic E-state index is 0.278. The van der Waals surface area contributed by atoms with Gasteiger partial charge in [0.1, 0.15) is 0 Å². The highest BCUT2D eigenvalue weighted by Gasteiger charge is 2.10. The van der Waals surface area contributed by atoms with Crippen molar-refractivity contribution in [1.29, 1.82) is 0 Å². The van der Waals surface area contributed by atoms with Crippen LogP contribution in [0.5, 0.6) is 0 Å². The molecular formula is C11H13N3O2. The first-order valence-electron chi connectivity index (χ1n) is 5.18. The van der Waals surface area contributed by atoms with Crippen LogP contribution >= 0.6 is 0 Å². The van der Waals surface area contributed by atoms with E-state index in [1.54, 1.807) is 12.1 Å². The second kappa shape index (κ2) is 4.65. The lowest BCUT2D eigenvalue weighted by molar-refractivity contribution is 0.0996. The zero-order valence-electron chi connectivity index (χ0n) is 8.99. The maximum Gasteiger partial charge on any atom is 0.292 e. The number of nitrogens with zero attached hydrogens (tertiary/aromatic N) is 1. The van der Waals surface area contributed by atoms with Gasteiger partial charge in [-0.2, -0.15) is 5.10 Å². The lowest BCUT2D eigenvalue weighted by Gasteiger charge is -1.96. The highest BCUT2D eigenvalue weighted by Crippen LogP contribution is 2.09. The molecule has 16 heavy (non-hydrogen) atoms. The zero-order chi connectivity index (χ0) is 11.4. The van der Waals surface area contributed by atoms with E-state index in [0.717, 1.165) is 18.5 Å². The maximum atomic E-state index is 11.6. The molecular weight excluding hydrogens is 206 g/mol. The first kappa shape index (κ1) is 10.5. The fraction of sp³-hybridized carbons (Fsp3) is 0.273. The van der Waals surface area contributed by atoms with Gasteiger partial charge < -0.3 is 9.73 Å². The first-order chi connectivity index (χ1) is 7.79. The van der Waals surface area contributed by atoms with Gasteiger partial charge in [-0.1, -0.05) is 13.3 Å². The van der Waals surface area contributed by atoms with Crippen LogP contribution in [0.4, 0.5) is 5.82 Å². The molecule has 0 fully saturated rings. The normalized spacial score (nSPS) is 10.3. The average Bonchev–Trinajstić information content (AvgIpc) is 2.89. The smallest absolute Gasteiger partial charge is 0.292 e. The fourth-order valence-corrected chi connectivity index (χ4v) is 1.41. The second-order valence-corrected chi connectivity index (χ2v) is 3.46. The Bertz CT molecular complexity index is 459. The van der Waals surface area contributed by atoms with Crippen molar-refractivity contribution in [2.45, 2.75) is 19.8 Å². The Kier molecular flexibility index (Phi) is 3.05. The summed E-state index contributed by atoms with van der Waals surface area (Å²) in [5, 5.41) is 9.50. The molecule has 0 saturated heterocycles. The number of rotatable bonds is 4. The molecule has 2 heterocycles. The number of anilines is 1. The lowest BCUT2D eigenvalue weighted by Crippen LogP contribution is -2.10. The molecule has 2 aromatic rings. The third-order valence-corrected chi connectivity index (χ3v) is 2.14. The van der Waals surface area contributed by atoms with E-state index >= 15 is 0 Å². The van der Waals surface area contributed by atoms with Gasteiger partial charge in [0.15, 0.2) is 11.6 Å². The van der Waals surface area contributed by atoms with E-state index in [2.05, 4.69) is 22.4 Å². The molecule has 0 aliphatic rings. The van der Waals surface area contributed by atoms with E-state index in [1.807, 2.05) is 6.07 Å². The van der Waals surface area contributed by atoms with Crippen LogP contribution in [0.25, 0.3) is 0 Å². The highest BCUT2D eigenvalue weighted by molar-refractivity contribution is 6.01. The Hall–Kier alpha value is -2.04. The van der Waals surface area contributed by atoms with Gasteiger partial charge in [-0.3, -0.25) is 9.89 Å². The molecule has 0 unspecified atom stereocenters. The van der Waals surface area contributed by atoms with Crippen molar-refractivity contribution in [3.63, 3.8) is 0 Å². The van der Waals surface area contributed by atoms with Crippen molar-refractivity contribution in [2.75, 3.05) is 5.32 Å². The summed E-state index contributed by atoms with van der Waals surface area (Å²) in [5.74, 6) is 0.504. The van der Waals surface area contributed by atoms with Gasteiger partial charge in [0.05, 0.1) is 6.26 Å². The van der Waals surface area contributed by atoms with Crippen LogP contribution in [-0.4, -0.2) is 16.1 Å². The van der Waals surface area contributed by atoms with Crippen molar-refractivity contribution < 1.29 is 9.21 Å². The number of carbonyl (C=O) groups excluding carboxylic acids is 1. The van der Waals surface area contributed by atoms with Gasteiger partial charge in [-0.05, 0) is 18.6 Å². The number of nitrogens with one attached hydrogen (secondary N) is 2. The van der Waals surface area contributed by atoms with Gasteiger partial charge in [0.25, 0.3) is 5.91 Å². The number of H-pyrrole nitrogens is 1. The van der Waals surface area contributed by atoms with E-state index in [9.17, 15) is 4.79 Å². The van der Waals surface area contributed by atoms with Crippen molar-refractivity contribution in [3.05, 3.63) is 35.9 Å². The minimum Gasteiger partial charge on any atom is -0.459 e. The van der Waals surface area contributed by atoms with Crippen LogP contribution < -0.4 is 5.32 Å². The van der Waals surface area contributed by atoms with Crippen LogP contribution in [-0.2, 0) is 6.42 Å². The largest absolute Gasteiger partial charge is 0.459 e. The lowest BCUT2D eigenvalue weighted by atomic mass is 10.2. The molecule has 1 amide bonds. The quantitative estimate of drug-likeness (QED) is 0.828. The molecule has 5 nitrogen and oxygen atoms in total. The average molecular weight is 219 g/mol. The molecule has 0 aliphatic carbocycles. The molecule has 2 aromatic heterocycles. The van der Waals surface area contributed by atoms with Crippen LogP contribution in [0.2, 0.25) is 0 Å². The Labute approximate surface area is 92.9 Å². The Morgan fingerprint density at radius 2 is 2.50 bits per heavy atom. The van der Waals surface area contributed by atoms with E-state index in [0.29, 0.717) is 5.82 Å². The predicted octanol–water partition coefficient (Wildman–Crippen LogP) is 2.21. The molecule has 0 bridgehead atoms. The SMILES string of the molecule is CCCc1cc(NC(=O)c2ccco2)n[nH]1. The molecule has 2 N–H and O–H groups in total. The molecule has 2 rings (SSSR count). The van der Waals surface area contributed by atoms with Crippen molar-refractivity contribution in [2.24, 2.45) is 0 Å². The third-order valence-electron chi connectivity index (χ3n) is 2.14. The van der Waals surface area contributed by atoms with Gasteiger partial charge in [0.2, 0.25) is 0 Å². The molecule has 5 heteroatoms. The van der Waals surface area contributed by atoms with E-state index in [1.165, 1.54) is 6.26 Å². The third kappa shape index (κ3) is 2.31.